The Balaban J connectivity index is 2.22. The van der Waals surface area contributed by atoms with Crippen LogP contribution in [0.2, 0.25) is 0 Å². The molecule has 102 valence electrons. The first-order valence-electron chi connectivity index (χ1n) is 5.47. The van der Waals surface area contributed by atoms with Gasteiger partial charge in [-0.3, -0.25) is 4.79 Å². The molecule has 1 aromatic heterocycles. The van der Waals surface area contributed by atoms with Gasteiger partial charge in [0.2, 0.25) is 5.95 Å². The van der Waals surface area contributed by atoms with Crippen molar-refractivity contribution in [2.24, 2.45) is 0 Å². The molecular formula is C13H9FN2O4. The predicted molar refractivity (Wildman–Crippen MR) is 67.2 cm³/mol. The highest BCUT2D eigenvalue weighted by molar-refractivity contribution is 6.04. The van der Waals surface area contributed by atoms with Gasteiger partial charge in [-0.2, -0.15) is 4.39 Å². The molecule has 0 unspecified atom stereocenters. The van der Waals surface area contributed by atoms with Crippen LogP contribution in [0.15, 0.2) is 36.4 Å². The monoisotopic (exact) mass is 276 g/mol. The van der Waals surface area contributed by atoms with Gasteiger partial charge in [-0.15, -0.1) is 0 Å². The third kappa shape index (κ3) is 2.89. The molecule has 0 bridgehead atoms. The summed E-state index contributed by atoms with van der Waals surface area (Å²) in [6, 6.07) is 7.17. The van der Waals surface area contributed by atoms with Crippen molar-refractivity contribution < 1.29 is 24.2 Å². The Hall–Kier alpha value is -2.96. The summed E-state index contributed by atoms with van der Waals surface area (Å²) in [6.07, 6.45) is 0. The van der Waals surface area contributed by atoms with E-state index in [4.69, 9.17) is 5.11 Å². The maximum Gasteiger partial charge on any atom is 0.335 e. The fourth-order valence-electron chi connectivity index (χ4n) is 1.49. The Morgan fingerprint density at radius 3 is 2.55 bits per heavy atom. The van der Waals surface area contributed by atoms with Gasteiger partial charge in [0.1, 0.15) is 11.4 Å². The SMILES string of the molecule is O=C(O)c1ccc(NC(=O)c2cccc(F)n2)c(O)c1. The lowest BCUT2D eigenvalue weighted by Crippen LogP contribution is -2.14. The van der Waals surface area contributed by atoms with Gasteiger partial charge in [-0.05, 0) is 30.3 Å². The predicted octanol–water partition coefficient (Wildman–Crippen LogP) is 1.88. The first-order chi connectivity index (χ1) is 9.47. The van der Waals surface area contributed by atoms with Crippen LogP contribution in [0.25, 0.3) is 0 Å². The second-order valence-electron chi connectivity index (χ2n) is 3.84. The number of aromatic hydroxyl groups is 1. The van der Waals surface area contributed by atoms with Gasteiger partial charge in [0, 0.05) is 0 Å². The standard InChI is InChI=1S/C13H9FN2O4/c14-11-3-1-2-9(15-11)12(18)16-8-5-4-7(13(19)20)6-10(8)17/h1-6,17H,(H,16,18)(H,19,20). The number of hydrogen-bond acceptors (Lipinski definition) is 4. The van der Waals surface area contributed by atoms with E-state index in [1.54, 1.807) is 0 Å². The van der Waals surface area contributed by atoms with Gasteiger partial charge in [-0.25, -0.2) is 9.78 Å². The number of rotatable bonds is 3. The molecule has 0 aliphatic rings. The van der Waals surface area contributed by atoms with Gasteiger partial charge in [0.15, 0.2) is 0 Å². The van der Waals surface area contributed by atoms with E-state index >= 15 is 0 Å². The van der Waals surface area contributed by atoms with Crippen LogP contribution in [0.3, 0.4) is 0 Å². The van der Waals surface area contributed by atoms with Crippen molar-refractivity contribution in [3.63, 3.8) is 0 Å². The minimum Gasteiger partial charge on any atom is -0.506 e. The van der Waals surface area contributed by atoms with Crippen LogP contribution in [0.4, 0.5) is 10.1 Å². The molecule has 0 saturated carbocycles. The summed E-state index contributed by atoms with van der Waals surface area (Å²) in [5.74, 6) is -3.13. The number of aromatic nitrogens is 1. The van der Waals surface area contributed by atoms with Crippen molar-refractivity contribution in [2.45, 2.75) is 0 Å². The molecule has 20 heavy (non-hydrogen) atoms. The zero-order chi connectivity index (χ0) is 14.7. The zero-order valence-corrected chi connectivity index (χ0v) is 10.0. The summed E-state index contributed by atoms with van der Waals surface area (Å²) in [7, 11) is 0. The summed E-state index contributed by atoms with van der Waals surface area (Å²) in [5, 5.41) is 20.7. The van der Waals surface area contributed by atoms with E-state index in [-0.39, 0.29) is 16.9 Å². The normalized spacial score (nSPS) is 10.1. The van der Waals surface area contributed by atoms with Crippen LogP contribution in [0, 0.1) is 5.95 Å². The number of carboxylic acids is 1. The van der Waals surface area contributed by atoms with Crippen LogP contribution in [0.1, 0.15) is 20.8 Å². The van der Waals surface area contributed by atoms with Crippen LogP contribution in [-0.2, 0) is 0 Å². The summed E-state index contributed by atoms with van der Waals surface area (Å²) >= 11 is 0. The number of hydrogen-bond donors (Lipinski definition) is 3. The molecule has 2 aromatic rings. The minimum absolute atomic E-state index is 0.00561. The molecule has 0 aliphatic heterocycles. The number of nitrogens with zero attached hydrogens (tertiary/aromatic N) is 1. The van der Waals surface area contributed by atoms with E-state index in [2.05, 4.69) is 10.3 Å². The summed E-state index contributed by atoms with van der Waals surface area (Å²) < 4.78 is 12.9. The van der Waals surface area contributed by atoms with E-state index in [1.165, 1.54) is 24.3 Å². The molecular weight excluding hydrogens is 267 g/mol. The van der Waals surface area contributed by atoms with Crippen LogP contribution >= 0.6 is 0 Å². The Labute approximate surface area is 112 Å². The molecule has 0 saturated heterocycles. The molecule has 0 spiro atoms. The molecule has 2 rings (SSSR count). The topological polar surface area (TPSA) is 99.5 Å². The highest BCUT2D eigenvalue weighted by atomic mass is 19.1. The average molecular weight is 276 g/mol. The number of pyridine rings is 1. The van der Waals surface area contributed by atoms with Crippen molar-refractivity contribution in [1.29, 1.82) is 0 Å². The van der Waals surface area contributed by atoms with E-state index in [0.29, 0.717) is 0 Å². The first kappa shape index (κ1) is 13.5. The number of carbonyl (C=O) groups excluding carboxylic acids is 1. The molecule has 1 aromatic carbocycles. The molecule has 1 amide bonds. The number of halogens is 1. The molecule has 6 nitrogen and oxygen atoms in total. The molecule has 0 radical (unpaired) electrons. The number of phenols is 1. The summed E-state index contributed by atoms with van der Waals surface area (Å²) in [4.78, 5) is 25.9. The largest absolute Gasteiger partial charge is 0.506 e. The lowest BCUT2D eigenvalue weighted by molar-refractivity contribution is 0.0696. The fraction of sp³-hybridized carbons (Fsp3) is 0. The van der Waals surface area contributed by atoms with E-state index in [0.717, 1.165) is 12.1 Å². The van der Waals surface area contributed by atoms with Crippen LogP contribution in [0.5, 0.6) is 5.75 Å². The lowest BCUT2D eigenvalue weighted by Gasteiger charge is -2.07. The fourth-order valence-corrected chi connectivity index (χ4v) is 1.49. The molecule has 1 heterocycles. The summed E-state index contributed by atoms with van der Waals surface area (Å²) in [6.45, 7) is 0. The number of benzene rings is 1. The molecule has 3 N–H and O–H groups in total. The summed E-state index contributed by atoms with van der Waals surface area (Å²) in [5.41, 5.74) is -0.276. The number of nitrogens with one attached hydrogen (secondary N) is 1. The van der Waals surface area contributed by atoms with E-state index in [1.807, 2.05) is 0 Å². The van der Waals surface area contributed by atoms with Crippen molar-refractivity contribution >= 4 is 17.6 Å². The second kappa shape index (κ2) is 5.35. The Morgan fingerprint density at radius 1 is 1.20 bits per heavy atom. The quantitative estimate of drug-likeness (QED) is 0.587. The van der Waals surface area contributed by atoms with Gasteiger partial charge in [-0.1, -0.05) is 6.07 Å². The Bertz CT molecular complexity index is 688. The second-order valence-corrected chi connectivity index (χ2v) is 3.84. The third-order valence-electron chi connectivity index (χ3n) is 2.44. The van der Waals surface area contributed by atoms with Crippen molar-refractivity contribution in [3.8, 4) is 5.75 Å². The number of amides is 1. The van der Waals surface area contributed by atoms with Crippen molar-refractivity contribution in [3.05, 3.63) is 53.6 Å². The number of phenolic OH excluding ortho intramolecular Hbond substituents is 1. The highest BCUT2D eigenvalue weighted by Gasteiger charge is 2.12. The molecule has 7 heteroatoms. The van der Waals surface area contributed by atoms with Gasteiger partial charge >= 0.3 is 5.97 Å². The zero-order valence-electron chi connectivity index (χ0n) is 10.0. The Kier molecular flexibility index (Phi) is 3.60. The van der Waals surface area contributed by atoms with Crippen molar-refractivity contribution in [2.75, 3.05) is 5.32 Å². The Morgan fingerprint density at radius 2 is 1.95 bits per heavy atom. The third-order valence-corrected chi connectivity index (χ3v) is 2.44. The average Bonchev–Trinajstić information content (AvgIpc) is 2.40. The lowest BCUT2D eigenvalue weighted by atomic mass is 10.2. The highest BCUT2D eigenvalue weighted by Crippen LogP contribution is 2.24. The number of anilines is 1. The first-order valence-corrected chi connectivity index (χ1v) is 5.47. The van der Waals surface area contributed by atoms with E-state index < -0.39 is 23.6 Å². The van der Waals surface area contributed by atoms with Gasteiger partial charge in [0.05, 0.1) is 11.3 Å². The van der Waals surface area contributed by atoms with Gasteiger partial charge < -0.3 is 15.5 Å². The van der Waals surface area contributed by atoms with Crippen molar-refractivity contribution in [1.82, 2.24) is 4.98 Å². The number of aromatic carboxylic acids is 1. The minimum atomic E-state index is -1.20. The molecule has 0 fully saturated rings. The van der Waals surface area contributed by atoms with Crippen LogP contribution < -0.4 is 5.32 Å². The maximum atomic E-state index is 12.9. The van der Waals surface area contributed by atoms with Crippen LogP contribution in [-0.4, -0.2) is 27.1 Å². The number of carbonyl (C=O) groups is 2. The van der Waals surface area contributed by atoms with E-state index in [9.17, 15) is 19.1 Å². The molecule has 0 aliphatic carbocycles. The molecule has 0 atom stereocenters. The number of carboxylic acid groups (broad SMARTS) is 1. The maximum absolute atomic E-state index is 12.9. The smallest absolute Gasteiger partial charge is 0.335 e. The van der Waals surface area contributed by atoms with Gasteiger partial charge in [0.25, 0.3) is 5.91 Å².